The second kappa shape index (κ2) is 5.51. The van der Waals surface area contributed by atoms with Gasteiger partial charge in [0.25, 0.3) is 0 Å². The third-order valence-corrected chi connectivity index (χ3v) is 2.45. The van der Waals surface area contributed by atoms with E-state index in [0.717, 1.165) is 0 Å². The van der Waals surface area contributed by atoms with E-state index in [1.165, 1.54) is 13.3 Å². The summed E-state index contributed by atoms with van der Waals surface area (Å²) in [6.45, 7) is 0. The molecule has 4 nitrogen and oxygen atoms in total. The van der Waals surface area contributed by atoms with Gasteiger partial charge in [0.1, 0.15) is 5.75 Å². The Balaban J connectivity index is 2.10. The van der Waals surface area contributed by atoms with Crippen molar-refractivity contribution >= 4 is 17.6 Å². The number of ether oxygens (including phenoxy) is 2. The molecule has 0 N–H and O–H groups in total. The Morgan fingerprint density at radius 2 is 1.89 bits per heavy atom. The Morgan fingerprint density at radius 1 is 1.17 bits per heavy atom. The molecule has 0 spiro atoms. The molecule has 0 fully saturated rings. The summed E-state index contributed by atoms with van der Waals surface area (Å²) in [6, 6.07) is 10.1. The van der Waals surface area contributed by atoms with Crippen LogP contribution in [-0.4, -0.2) is 18.1 Å². The summed E-state index contributed by atoms with van der Waals surface area (Å²) in [5.41, 5.74) is 0.376. The highest BCUT2D eigenvalue weighted by Gasteiger charge is 2.06. The number of benzene rings is 1. The van der Waals surface area contributed by atoms with Crippen molar-refractivity contribution in [1.29, 1.82) is 0 Å². The second-order valence-electron chi connectivity index (χ2n) is 3.43. The molecule has 0 amide bonds. The van der Waals surface area contributed by atoms with E-state index in [1.54, 1.807) is 36.4 Å². The van der Waals surface area contributed by atoms with E-state index in [-0.39, 0.29) is 0 Å². The van der Waals surface area contributed by atoms with Gasteiger partial charge >= 0.3 is 5.97 Å². The Kier molecular flexibility index (Phi) is 3.79. The van der Waals surface area contributed by atoms with Gasteiger partial charge in [-0.25, -0.2) is 9.78 Å². The number of halogens is 1. The minimum Gasteiger partial charge on any atom is -0.465 e. The average molecular weight is 264 g/mol. The molecular formula is C13H10ClNO3. The highest BCUT2D eigenvalue weighted by atomic mass is 35.5. The molecule has 0 unspecified atom stereocenters. The van der Waals surface area contributed by atoms with Crippen molar-refractivity contribution in [3.63, 3.8) is 0 Å². The number of rotatable bonds is 3. The summed E-state index contributed by atoms with van der Waals surface area (Å²) in [5, 5.41) is 0.636. The number of carbonyl (C=O) groups excluding carboxylic acids is 1. The van der Waals surface area contributed by atoms with E-state index in [4.69, 9.17) is 16.3 Å². The van der Waals surface area contributed by atoms with Gasteiger partial charge in [-0.15, -0.1) is 0 Å². The molecule has 0 atom stereocenters. The first kappa shape index (κ1) is 12.4. The van der Waals surface area contributed by atoms with E-state index in [0.29, 0.717) is 22.2 Å². The summed E-state index contributed by atoms with van der Waals surface area (Å²) in [7, 11) is 1.32. The zero-order chi connectivity index (χ0) is 13.0. The van der Waals surface area contributed by atoms with Gasteiger partial charge in [0.05, 0.1) is 12.7 Å². The smallest absolute Gasteiger partial charge is 0.339 e. The maximum Gasteiger partial charge on any atom is 0.339 e. The van der Waals surface area contributed by atoms with Crippen LogP contribution in [0.5, 0.6) is 11.6 Å². The van der Waals surface area contributed by atoms with Crippen LogP contribution < -0.4 is 4.74 Å². The first-order valence-electron chi connectivity index (χ1n) is 5.17. The summed E-state index contributed by atoms with van der Waals surface area (Å²) < 4.78 is 10.1. The Hall–Kier alpha value is -2.07. The topological polar surface area (TPSA) is 48.4 Å². The lowest BCUT2D eigenvalue weighted by atomic mass is 10.3. The van der Waals surface area contributed by atoms with Crippen molar-refractivity contribution in [3.05, 3.63) is 53.2 Å². The number of hydrogen-bond donors (Lipinski definition) is 0. The number of aromatic nitrogens is 1. The van der Waals surface area contributed by atoms with Crippen molar-refractivity contribution in [2.45, 2.75) is 0 Å². The maximum absolute atomic E-state index is 11.2. The molecule has 5 heteroatoms. The minimum absolute atomic E-state index is 0.376. The van der Waals surface area contributed by atoms with E-state index < -0.39 is 5.97 Å². The van der Waals surface area contributed by atoms with E-state index in [2.05, 4.69) is 9.72 Å². The number of nitrogens with zero attached hydrogens (tertiary/aromatic N) is 1. The molecule has 1 heterocycles. The van der Waals surface area contributed by atoms with Crippen molar-refractivity contribution < 1.29 is 14.3 Å². The predicted octanol–water partition coefficient (Wildman–Crippen LogP) is 3.31. The normalized spacial score (nSPS) is 9.89. The van der Waals surface area contributed by atoms with E-state index in [1.807, 2.05) is 0 Å². The van der Waals surface area contributed by atoms with Gasteiger partial charge in [0.2, 0.25) is 5.88 Å². The molecule has 0 aliphatic carbocycles. The zero-order valence-corrected chi connectivity index (χ0v) is 10.3. The van der Waals surface area contributed by atoms with Crippen LogP contribution in [-0.2, 0) is 4.74 Å². The monoisotopic (exact) mass is 263 g/mol. The third-order valence-electron chi connectivity index (χ3n) is 2.19. The summed E-state index contributed by atoms with van der Waals surface area (Å²) in [5.74, 6) is 0.586. The van der Waals surface area contributed by atoms with Gasteiger partial charge in [-0.1, -0.05) is 11.6 Å². The Labute approximate surface area is 109 Å². The summed E-state index contributed by atoms with van der Waals surface area (Å²) >= 11 is 5.76. The molecule has 0 aliphatic heterocycles. The number of hydrogen-bond acceptors (Lipinski definition) is 4. The minimum atomic E-state index is -0.430. The van der Waals surface area contributed by atoms with Gasteiger partial charge in [0.15, 0.2) is 0 Å². The Morgan fingerprint density at radius 3 is 2.44 bits per heavy atom. The number of pyridine rings is 1. The van der Waals surface area contributed by atoms with Crippen LogP contribution >= 0.6 is 11.6 Å². The molecule has 1 aromatic heterocycles. The molecule has 1 aromatic carbocycles. The van der Waals surface area contributed by atoms with Crippen LogP contribution in [0.15, 0.2) is 42.6 Å². The predicted molar refractivity (Wildman–Crippen MR) is 67.1 cm³/mol. The molecule has 0 saturated carbocycles. The zero-order valence-electron chi connectivity index (χ0n) is 9.59. The fourth-order valence-electron chi connectivity index (χ4n) is 1.30. The molecule has 2 aromatic rings. The molecule has 18 heavy (non-hydrogen) atoms. The fourth-order valence-corrected chi connectivity index (χ4v) is 1.43. The number of esters is 1. The van der Waals surface area contributed by atoms with Crippen molar-refractivity contribution in [2.24, 2.45) is 0 Å². The van der Waals surface area contributed by atoms with Gasteiger partial charge in [-0.2, -0.15) is 0 Å². The second-order valence-corrected chi connectivity index (χ2v) is 3.87. The third kappa shape index (κ3) is 2.99. The van der Waals surface area contributed by atoms with Crippen LogP contribution in [0.25, 0.3) is 0 Å². The maximum atomic E-state index is 11.2. The summed E-state index contributed by atoms with van der Waals surface area (Å²) in [6.07, 6.45) is 1.40. The molecular weight excluding hydrogens is 254 g/mol. The molecule has 0 bridgehead atoms. The molecule has 92 valence electrons. The van der Waals surface area contributed by atoms with Gasteiger partial charge in [0, 0.05) is 17.3 Å². The SMILES string of the molecule is COC(=O)c1ccc(Oc2ccc(Cl)cc2)nc1. The van der Waals surface area contributed by atoms with Crippen LogP contribution in [0.2, 0.25) is 5.02 Å². The molecule has 0 aliphatic rings. The van der Waals surface area contributed by atoms with Crippen molar-refractivity contribution in [3.8, 4) is 11.6 Å². The lowest BCUT2D eigenvalue weighted by Crippen LogP contribution is -2.01. The number of methoxy groups -OCH3 is 1. The largest absolute Gasteiger partial charge is 0.465 e. The highest BCUT2D eigenvalue weighted by Crippen LogP contribution is 2.21. The van der Waals surface area contributed by atoms with Crippen LogP contribution in [0.4, 0.5) is 0 Å². The number of carbonyl (C=O) groups is 1. The fraction of sp³-hybridized carbons (Fsp3) is 0.0769. The summed E-state index contributed by atoms with van der Waals surface area (Å²) in [4.78, 5) is 15.2. The lowest BCUT2D eigenvalue weighted by Gasteiger charge is -2.05. The first-order chi connectivity index (χ1) is 8.69. The molecule has 2 rings (SSSR count). The van der Waals surface area contributed by atoms with Crippen molar-refractivity contribution in [2.75, 3.05) is 7.11 Å². The van der Waals surface area contributed by atoms with E-state index in [9.17, 15) is 4.79 Å². The Bertz CT molecular complexity index is 537. The molecule has 0 radical (unpaired) electrons. The van der Waals surface area contributed by atoms with Crippen LogP contribution in [0.3, 0.4) is 0 Å². The van der Waals surface area contributed by atoms with E-state index >= 15 is 0 Å². The lowest BCUT2D eigenvalue weighted by molar-refractivity contribution is 0.0600. The first-order valence-corrected chi connectivity index (χ1v) is 5.54. The van der Waals surface area contributed by atoms with Gasteiger partial charge < -0.3 is 9.47 Å². The highest BCUT2D eigenvalue weighted by molar-refractivity contribution is 6.30. The van der Waals surface area contributed by atoms with Crippen molar-refractivity contribution in [1.82, 2.24) is 4.98 Å². The van der Waals surface area contributed by atoms with Gasteiger partial charge in [-0.05, 0) is 30.3 Å². The van der Waals surface area contributed by atoms with Gasteiger partial charge in [-0.3, -0.25) is 0 Å². The quantitative estimate of drug-likeness (QED) is 0.797. The average Bonchev–Trinajstić information content (AvgIpc) is 2.41. The van der Waals surface area contributed by atoms with Crippen LogP contribution in [0.1, 0.15) is 10.4 Å². The molecule has 0 saturated heterocycles. The van der Waals surface area contributed by atoms with Crippen LogP contribution in [0, 0.1) is 0 Å². The standard InChI is InChI=1S/C13H10ClNO3/c1-17-13(16)9-2-7-12(15-8-9)18-11-5-3-10(14)4-6-11/h2-8H,1H3.